The lowest BCUT2D eigenvalue weighted by Gasteiger charge is -2.08. The molecule has 0 aliphatic heterocycles. The van der Waals surface area contributed by atoms with E-state index in [9.17, 15) is 9.59 Å². The van der Waals surface area contributed by atoms with Crippen molar-refractivity contribution in [3.05, 3.63) is 79.6 Å². The molecule has 0 fully saturated rings. The van der Waals surface area contributed by atoms with Crippen LogP contribution < -0.4 is 10.9 Å². The molecule has 0 aliphatic carbocycles. The van der Waals surface area contributed by atoms with Crippen LogP contribution in [0.4, 0.5) is 0 Å². The number of carbonyl (C=O) groups is 1. The zero-order valence-corrected chi connectivity index (χ0v) is 18.0. The Kier molecular flexibility index (Phi) is 5.65. The second-order valence-electron chi connectivity index (χ2n) is 6.94. The Morgan fingerprint density at radius 3 is 2.70 bits per heavy atom. The number of nitrogens with one attached hydrogen (secondary N) is 1. The lowest BCUT2D eigenvalue weighted by atomic mass is 10.1. The molecule has 2 heterocycles. The third-order valence-electron chi connectivity index (χ3n) is 4.76. The maximum Gasteiger partial charge on any atom is 0.261 e. The number of rotatable bonds is 5. The summed E-state index contributed by atoms with van der Waals surface area (Å²) in [5.74, 6) is -0.271. The fourth-order valence-corrected chi connectivity index (χ4v) is 4.26. The van der Waals surface area contributed by atoms with Crippen LogP contribution in [0, 0.1) is 13.8 Å². The van der Waals surface area contributed by atoms with E-state index < -0.39 is 0 Å². The van der Waals surface area contributed by atoms with Crippen molar-refractivity contribution in [1.29, 1.82) is 0 Å². The number of aryl methyl sites for hydroxylation is 2. The van der Waals surface area contributed by atoms with Crippen LogP contribution in [0.15, 0.2) is 53.6 Å². The molecular weight excluding hydrogens is 420 g/mol. The fraction of sp³-hybridized carbons (Fsp3) is 0.182. The summed E-state index contributed by atoms with van der Waals surface area (Å²) in [6.07, 6.45) is 1.42. The number of carbonyl (C=O) groups excluding carboxylic acids is 1. The third-order valence-corrected chi connectivity index (χ3v) is 5.99. The standard InChI is InChI=1S/C22H19ClN4O2S/c1-13-4-3-5-17-20(13)25-12-27(22(17)29)11-18(28)24-10-19-26-21(14(2)30-19)15-6-8-16(23)9-7-15/h3-9,12H,10-11H2,1-2H3,(H,24,28). The van der Waals surface area contributed by atoms with E-state index >= 15 is 0 Å². The molecule has 1 amide bonds. The van der Waals surface area contributed by atoms with Crippen molar-refractivity contribution in [3.63, 3.8) is 0 Å². The fourth-order valence-electron chi connectivity index (χ4n) is 3.24. The van der Waals surface area contributed by atoms with Gasteiger partial charge in [0.1, 0.15) is 11.6 Å². The molecule has 2 aromatic carbocycles. The van der Waals surface area contributed by atoms with Gasteiger partial charge in [0.25, 0.3) is 5.56 Å². The van der Waals surface area contributed by atoms with E-state index in [0.717, 1.165) is 26.7 Å². The zero-order chi connectivity index (χ0) is 21.3. The molecule has 0 spiro atoms. The first-order valence-electron chi connectivity index (χ1n) is 9.36. The summed E-state index contributed by atoms with van der Waals surface area (Å²) >= 11 is 7.48. The summed E-state index contributed by atoms with van der Waals surface area (Å²) in [6.45, 7) is 4.10. The number of hydrogen-bond donors (Lipinski definition) is 1. The van der Waals surface area contributed by atoms with Crippen molar-refractivity contribution in [2.75, 3.05) is 0 Å². The molecule has 30 heavy (non-hydrogen) atoms. The Morgan fingerprint density at radius 1 is 1.17 bits per heavy atom. The average molecular weight is 439 g/mol. The predicted molar refractivity (Wildman–Crippen MR) is 120 cm³/mol. The van der Waals surface area contributed by atoms with Gasteiger partial charge in [0.15, 0.2) is 0 Å². The van der Waals surface area contributed by atoms with Crippen LogP contribution in [0.3, 0.4) is 0 Å². The Balaban J connectivity index is 1.45. The van der Waals surface area contributed by atoms with Gasteiger partial charge in [-0.05, 0) is 37.6 Å². The number of thiazole rings is 1. The summed E-state index contributed by atoms with van der Waals surface area (Å²) < 4.78 is 1.32. The largest absolute Gasteiger partial charge is 0.348 e. The maximum absolute atomic E-state index is 12.6. The van der Waals surface area contributed by atoms with Crippen molar-refractivity contribution in [3.8, 4) is 11.3 Å². The van der Waals surface area contributed by atoms with Crippen LogP contribution in [0.5, 0.6) is 0 Å². The molecule has 152 valence electrons. The Hall–Kier alpha value is -3.03. The van der Waals surface area contributed by atoms with Gasteiger partial charge in [-0.1, -0.05) is 35.9 Å². The first-order chi connectivity index (χ1) is 14.4. The van der Waals surface area contributed by atoms with Gasteiger partial charge in [0.05, 0.1) is 29.5 Å². The highest BCUT2D eigenvalue weighted by molar-refractivity contribution is 7.12. The zero-order valence-electron chi connectivity index (χ0n) is 16.5. The molecule has 0 saturated heterocycles. The quantitative estimate of drug-likeness (QED) is 0.508. The van der Waals surface area contributed by atoms with Crippen LogP contribution in [-0.2, 0) is 17.9 Å². The smallest absolute Gasteiger partial charge is 0.261 e. The molecule has 2 aromatic heterocycles. The third kappa shape index (κ3) is 4.13. The molecule has 1 N–H and O–H groups in total. The summed E-state index contributed by atoms with van der Waals surface area (Å²) in [6, 6.07) is 12.9. The molecule has 0 saturated carbocycles. The lowest BCUT2D eigenvalue weighted by Crippen LogP contribution is -2.32. The van der Waals surface area contributed by atoms with Gasteiger partial charge >= 0.3 is 0 Å². The highest BCUT2D eigenvalue weighted by atomic mass is 35.5. The molecule has 0 bridgehead atoms. The SMILES string of the molecule is Cc1sc(CNC(=O)Cn2cnc3c(C)cccc3c2=O)nc1-c1ccc(Cl)cc1. The summed E-state index contributed by atoms with van der Waals surface area (Å²) in [7, 11) is 0. The molecule has 8 heteroatoms. The van der Waals surface area contributed by atoms with Crippen molar-refractivity contribution < 1.29 is 4.79 Å². The van der Waals surface area contributed by atoms with E-state index in [1.807, 2.05) is 50.2 Å². The number of halogens is 1. The number of para-hydroxylation sites is 1. The summed E-state index contributed by atoms with van der Waals surface area (Å²) in [5, 5.41) is 4.81. The van der Waals surface area contributed by atoms with E-state index in [1.165, 1.54) is 22.2 Å². The number of fused-ring (bicyclic) bond motifs is 1. The average Bonchev–Trinajstić information content (AvgIpc) is 3.10. The topological polar surface area (TPSA) is 76.9 Å². The van der Waals surface area contributed by atoms with Gasteiger partial charge < -0.3 is 5.32 Å². The number of aromatic nitrogens is 3. The predicted octanol–water partition coefficient (Wildman–Crippen LogP) is 4.11. The number of amides is 1. The van der Waals surface area contributed by atoms with Crippen LogP contribution in [0.2, 0.25) is 5.02 Å². The van der Waals surface area contributed by atoms with E-state index in [4.69, 9.17) is 11.6 Å². The van der Waals surface area contributed by atoms with Gasteiger partial charge in [0.2, 0.25) is 5.91 Å². The Morgan fingerprint density at radius 2 is 1.93 bits per heavy atom. The number of benzene rings is 2. The Labute approximate surface area is 182 Å². The minimum atomic E-state index is -0.271. The molecule has 0 atom stereocenters. The molecular formula is C22H19ClN4O2S. The van der Waals surface area contributed by atoms with Crippen LogP contribution in [0.25, 0.3) is 22.2 Å². The second-order valence-corrected chi connectivity index (χ2v) is 8.67. The normalized spacial score (nSPS) is 11.0. The molecule has 0 unspecified atom stereocenters. The molecule has 0 radical (unpaired) electrons. The minimum Gasteiger partial charge on any atom is -0.348 e. The minimum absolute atomic E-state index is 0.0931. The van der Waals surface area contributed by atoms with Gasteiger partial charge in [-0.15, -0.1) is 11.3 Å². The summed E-state index contributed by atoms with van der Waals surface area (Å²) in [4.78, 5) is 35.1. The van der Waals surface area contributed by atoms with Gasteiger partial charge in [-0.25, -0.2) is 9.97 Å². The van der Waals surface area contributed by atoms with E-state index in [1.54, 1.807) is 6.07 Å². The van der Waals surface area contributed by atoms with E-state index in [0.29, 0.717) is 22.5 Å². The Bertz CT molecular complexity index is 1290. The maximum atomic E-state index is 12.6. The van der Waals surface area contributed by atoms with Crippen molar-refractivity contribution in [2.24, 2.45) is 0 Å². The molecule has 4 rings (SSSR count). The molecule has 0 aliphatic rings. The highest BCUT2D eigenvalue weighted by Gasteiger charge is 2.12. The van der Waals surface area contributed by atoms with Gasteiger partial charge in [-0.3, -0.25) is 14.2 Å². The highest BCUT2D eigenvalue weighted by Crippen LogP contribution is 2.28. The van der Waals surface area contributed by atoms with Gasteiger partial charge in [0, 0.05) is 15.5 Å². The van der Waals surface area contributed by atoms with Crippen molar-refractivity contribution in [2.45, 2.75) is 26.9 Å². The van der Waals surface area contributed by atoms with Crippen LogP contribution >= 0.6 is 22.9 Å². The summed E-state index contributed by atoms with van der Waals surface area (Å²) in [5.41, 5.74) is 3.22. The van der Waals surface area contributed by atoms with Crippen LogP contribution in [0.1, 0.15) is 15.4 Å². The monoisotopic (exact) mass is 438 g/mol. The number of nitrogens with zero attached hydrogens (tertiary/aromatic N) is 3. The second kappa shape index (κ2) is 8.38. The van der Waals surface area contributed by atoms with E-state index in [2.05, 4.69) is 15.3 Å². The van der Waals surface area contributed by atoms with Crippen LogP contribution in [-0.4, -0.2) is 20.4 Å². The number of hydrogen-bond acceptors (Lipinski definition) is 5. The molecule has 4 aromatic rings. The lowest BCUT2D eigenvalue weighted by molar-refractivity contribution is -0.121. The van der Waals surface area contributed by atoms with Crippen molar-refractivity contribution >= 4 is 39.7 Å². The first-order valence-corrected chi connectivity index (χ1v) is 10.6. The molecule has 6 nitrogen and oxygen atoms in total. The van der Waals surface area contributed by atoms with E-state index in [-0.39, 0.29) is 18.0 Å². The first kappa shape index (κ1) is 20.3. The van der Waals surface area contributed by atoms with Crippen molar-refractivity contribution in [1.82, 2.24) is 19.9 Å². The van der Waals surface area contributed by atoms with Gasteiger partial charge in [-0.2, -0.15) is 0 Å².